The number of ether oxygens (including phenoxy) is 1. The normalized spacial score (nSPS) is 16.2. The van der Waals surface area contributed by atoms with Crippen LogP contribution in [0.3, 0.4) is 0 Å². The number of nitrogens with zero attached hydrogens (tertiary/aromatic N) is 3. The minimum absolute atomic E-state index is 0.295. The molecule has 1 fully saturated rings. The van der Waals surface area contributed by atoms with E-state index in [2.05, 4.69) is 32.6 Å². The third-order valence-corrected chi connectivity index (χ3v) is 2.96. The third-order valence-electron chi connectivity index (χ3n) is 2.96. The molecular formula is C11H20N6O. The van der Waals surface area contributed by atoms with Crippen molar-refractivity contribution in [3.8, 4) is 6.01 Å². The van der Waals surface area contributed by atoms with Gasteiger partial charge in [-0.1, -0.05) is 13.8 Å². The standard InChI is InChI=1S/C11H20N6O/c1-3-6-18-10-15-8(14-9(16-10)17-12)13-7-11(2)4-5-11/h3-7,12H2,1-2H3,(H2,13,14,15,16,17). The summed E-state index contributed by atoms with van der Waals surface area (Å²) >= 11 is 0. The minimum Gasteiger partial charge on any atom is -0.463 e. The number of hydrogen-bond donors (Lipinski definition) is 3. The molecule has 1 aliphatic carbocycles. The van der Waals surface area contributed by atoms with Crippen molar-refractivity contribution >= 4 is 11.9 Å². The van der Waals surface area contributed by atoms with Crippen LogP contribution in [0.1, 0.15) is 33.1 Å². The van der Waals surface area contributed by atoms with Gasteiger partial charge in [-0.3, -0.25) is 5.43 Å². The van der Waals surface area contributed by atoms with E-state index in [1.54, 1.807) is 0 Å². The molecule has 1 saturated carbocycles. The van der Waals surface area contributed by atoms with Crippen LogP contribution in [0.15, 0.2) is 0 Å². The van der Waals surface area contributed by atoms with E-state index in [0.717, 1.165) is 13.0 Å². The quantitative estimate of drug-likeness (QED) is 0.494. The monoisotopic (exact) mass is 252 g/mol. The van der Waals surface area contributed by atoms with Gasteiger partial charge in [0, 0.05) is 6.54 Å². The Morgan fingerprint density at radius 1 is 1.28 bits per heavy atom. The molecule has 0 aliphatic heterocycles. The van der Waals surface area contributed by atoms with Gasteiger partial charge >= 0.3 is 6.01 Å². The van der Waals surface area contributed by atoms with Crippen LogP contribution in [-0.4, -0.2) is 28.1 Å². The van der Waals surface area contributed by atoms with Crippen LogP contribution in [0.25, 0.3) is 0 Å². The first kappa shape index (κ1) is 12.8. The number of rotatable bonds is 7. The maximum absolute atomic E-state index is 5.39. The number of nitrogen functional groups attached to an aromatic ring is 1. The highest BCUT2D eigenvalue weighted by molar-refractivity contribution is 5.35. The summed E-state index contributed by atoms with van der Waals surface area (Å²) < 4.78 is 5.39. The molecule has 4 N–H and O–H groups in total. The molecule has 1 aromatic heterocycles. The molecule has 18 heavy (non-hydrogen) atoms. The number of hydrogen-bond acceptors (Lipinski definition) is 7. The molecule has 1 aromatic rings. The van der Waals surface area contributed by atoms with E-state index in [0.29, 0.717) is 29.9 Å². The fourth-order valence-corrected chi connectivity index (χ4v) is 1.44. The summed E-state index contributed by atoms with van der Waals surface area (Å²) in [5.41, 5.74) is 2.80. The molecule has 100 valence electrons. The summed E-state index contributed by atoms with van der Waals surface area (Å²) in [5, 5.41) is 3.20. The SMILES string of the molecule is CCCOc1nc(NN)nc(NCC2(C)CC2)n1. The van der Waals surface area contributed by atoms with Crippen LogP contribution < -0.4 is 21.3 Å². The Bertz CT molecular complexity index is 407. The molecule has 0 aromatic carbocycles. The van der Waals surface area contributed by atoms with Crippen LogP contribution >= 0.6 is 0 Å². The Kier molecular flexibility index (Phi) is 3.81. The van der Waals surface area contributed by atoms with Crippen molar-refractivity contribution in [1.82, 2.24) is 15.0 Å². The van der Waals surface area contributed by atoms with Gasteiger partial charge in [-0.15, -0.1) is 0 Å². The molecule has 0 radical (unpaired) electrons. The van der Waals surface area contributed by atoms with Crippen LogP contribution in [0.2, 0.25) is 0 Å². The van der Waals surface area contributed by atoms with Crippen molar-refractivity contribution in [2.45, 2.75) is 33.1 Å². The lowest BCUT2D eigenvalue weighted by Crippen LogP contribution is -2.17. The van der Waals surface area contributed by atoms with Crippen molar-refractivity contribution in [3.63, 3.8) is 0 Å². The summed E-state index contributed by atoms with van der Waals surface area (Å²) in [4.78, 5) is 12.4. The lowest BCUT2D eigenvalue weighted by Gasteiger charge is -2.11. The van der Waals surface area contributed by atoms with Crippen LogP contribution in [-0.2, 0) is 0 Å². The van der Waals surface area contributed by atoms with E-state index >= 15 is 0 Å². The molecule has 0 spiro atoms. The Balaban J connectivity index is 2.02. The Morgan fingerprint density at radius 3 is 2.61 bits per heavy atom. The molecule has 1 heterocycles. The summed E-state index contributed by atoms with van der Waals surface area (Å²) in [7, 11) is 0. The molecule has 1 aliphatic rings. The summed E-state index contributed by atoms with van der Waals surface area (Å²) in [6, 6.07) is 0.295. The molecule has 7 nitrogen and oxygen atoms in total. The van der Waals surface area contributed by atoms with E-state index < -0.39 is 0 Å². The summed E-state index contributed by atoms with van der Waals surface area (Å²) in [6.45, 7) is 5.69. The van der Waals surface area contributed by atoms with Crippen molar-refractivity contribution in [2.75, 3.05) is 23.9 Å². The molecule has 2 rings (SSSR count). The predicted molar refractivity (Wildman–Crippen MR) is 69.3 cm³/mol. The zero-order chi connectivity index (χ0) is 13.0. The number of hydrazine groups is 1. The highest BCUT2D eigenvalue weighted by atomic mass is 16.5. The zero-order valence-corrected chi connectivity index (χ0v) is 10.9. The minimum atomic E-state index is 0.295. The molecule has 0 atom stereocenters. The second-order valence-electron chi connectivity index (χ2n) is 4.92. The largest absolute Gasteiger partial charge is 0.463 e. The summed E-state index contributed by atoms with van der Waals surface area (Å²) in [6.07, 6.45) is 3.39. The number of anilines is 2. The number of nitrogens with one attached hydrogen (secondary N) is 2. The van der Waals surface area contributed by atoms with E-state index in [9.17, 15) is 0 Å². The predicted octanol–water partition coefficient (Wildman–Crippen LogP) is 1.16. The highest BCUT2D eigenvalue weighted by Crippen LogP contribution is 2.44. The highest BCUT2D eigenvalue weighted by Gasteiger charge is 2.37. The lowest BCUT2D eigenvalue weighted by atomic mass is 10.1. The first-order valence-electron chi connectivity index (χ1n) is 6.24. The van der Waals surface area contributed by atoms with E-state index in [1.807, 2.05) is 6.92 Å². The van der Waals surface area contributed by atoms with E-state index in [1.165, 1.54) is 12.8 Å². The number of aromatic nitrogens is 3. The Labute approximate surface area is 107 Å². The van der Waals surface area contributed by atoms with Gasteiger partial charge < -0.3 is 10.1 Å². The molecule has 0 bridgehead atoms. The average Bonchev–Trinajstić information content (AvgIpc) is 3.12. The Hall–Kier alpha value is -1.63. The average molecular weight is 252 g/mol. The van der Waals surface area contributed by atoms with E-state index in [4.69, 9.17) is 10.6 Å². The van der Waals surface area contributed by atoms with Gasteiger partial charge in [0.2, 0.25) is 11.9 Å². The lowest BCUT2D eigenvalue weighted by molar-refractivity contribution is 0.292. The van der Waals surface area contributed by atoms with Crippen molar-refractivity contribution in [3.05, 3.63) is 0 Å². The van der Waals surface area contributed by atoms with Gasteiger partial charge in [-0.25, -0.2) is 5.84 Å². The fraction of sp³-hybridized carbons (Fsp3) is 0.727. The summed E-state index contributed by atoms with van der Waals surface area (Å²) in [5.74, 6) is 6.13. The van der Waals surface area contributed by atoms with Gasteiger partial charge in [-0.05, 0) is 24.7 Å². The molecule has 0 unspecified atom stereocenters. The van der Waals surface area contributed by atoms with E-state index in [-0.39, 0.29) is 0 Å². The molecule has 7 heteroatoms. The second kappa shape index (κ2) is 5.34. The van der Waals surface area contributed by atoms with Gasteiger partial charge in [0.05, 0.1) is 6.61 Å². The van der Waals surface area contributed by atoms with Gasteiger partial charge in [-0.2, -0.15) is 15.0 Å². The molecular weight excluding hydrogens is 232 g/mol. The first-order valence-corrected chi connectivity index (χ1v) is 6.24. The molecule has 0 amide bonds. The second-order valence-corrected chi connectivity index (χ2v) is 4.92. The van der Waals surface area contributed by atoms with Gasteiger partial charge in [0.25, 0.3) is 0 Å². The van der Waals surface area contributed by atoms with Crippen molar-refractivity contribution in [1.29, 1.82) is 0 Å². The smallest absolute Gasteiger partial charge is 0.323 e. The fourth-order valence-electron chi connectivity index (χ4n) is 1.44. The van der Waals surface area contributed by atoms with Crippen molar-refractivity contribution in [2.24, 2.45) is 11.3 Å². The van der Waals surface area contributed by atoms with Gasteiger partial charge in [0.15, 0.2) is 0 Å². The number of nitrogens with two attached hydrogens (primary N) is 1. The topological polar surface area (TPSA) is 98.0 Å². The Morgan fingerprint density at radius 2 is 2.00 bits per heavy atom. The maximum Gasteiger partial charge on any atom is 0.323 e. The third kappa shape index (κ3) is 3.43. The molecule has 0 saturated heterocycles. The maximum atomic E-state index is 5.39. The van der Waals surface area contributed by atoms with Crippen LogP contribution in [0, 0.1) is 5.41 Å². The van der Waals surface area contributed by atoms with Crippen LogP contribution in [0.4, 0.5) is 11.9 Å². The van der Waals surface area contributed by atoms with Gasteiger partial charge in [0.1, 0.15) is 0 Å². The zero-order valence-electron chi connectivity index (χ0n) is 10.9. The first-order chi connectivity index (χ1) is 8.65. The van der Waals surface area contributed by atoms with Crippen molar-refractivity contribution < 1.29 is 4.74 Å². The van der Waals surface area contributed by atoms with Crippen LogP contribution in [0.5, 0.6) is 6.01 Å².